The number of nitrogens with one attached hydrogen (secondary N) is 1. The molecule has 2 aromatic rings. The Bertz CT molecular complexity index is 646. The molecule has 0 saturated carbocycles. The third-order valence-corrected chi connectivity index (χ3v) is 4.43. The van der Waals surface area contributed by atoms with Gasteiger partial charge >= 0.3 is 0 Å². The van der Waals surface area contributed by atoms with E-state index < -0.39 is 0 Å². The van der Waals surface area contributed by atoms with Crippen LogP contribution in [-0.2, 0) is 13.5 Å². The first-order chi connectivity index (χ1) is 11.3. The van der Waals surface area contributed by atoms with Gasteiger partial charge in [-0.2, -0.15) is 5.10 Å². The second-order valence-electron chi connectivity index (χ2n) is 6.09. The van der Waals surface area contributed by atoms with Crippen LogP contribution in [0.15, 0.2) is 47.7 Å². The van der Waals surface area contributed by atoms with Crippen LogP contribution in [0.25, 0.3) is 0 Å². The van der Waals surface area contributed by atoms with Crippen molar-refractivity contribution in [2.75, 3.05) is 26.7 Å². The van der Waals surface area contributed by atoms with Crippen molar-refractivity contribution in [3.05, 3.63) is 53.9 Å². The van der Waals surface area contributed by atoms with Crippen molar-refractivity contribution >= 4 is 5.96 Å². The first kappa shape index (κ1) is 15.6. The van der Waals surface area contributed by atoms with Crippen molar-refractivity contribution in [2.24, 2.45) is 12.0 Å². The van der Waals surface area contributed by atoms with Gasteiger partial charge in [-0.05, 0) is 24.0 Å². The van der Waals surface area contributed by atoms with Gasteiger partial charge in [-0.3, -0.25) is 9.67 Å². The largest absolute Gasteiger partial charge is 0.356 e. The minimum atomic E-state index is 0.605. The summed E-state index contributed by atoms with van der Waals surface area (Å²) < 4.78 is 1.84. The van der Waals surface area contributed by atoms with Gasteiger partial charge in [-0.25, -0.2) is 0 Å². The van der Waals surface area contributed by atoms with Gasteiger partial charge < -0.3 is 10.2 Å². The summed E-state index contributed by atoms with van der Waals surface area (Å²) in [5.74, 6) is 1.61. The highest BCUT2D eigenvalue weighted by atomic mass is 15.3. The van der Waals surface area contributed by atoms with E-state index in [9.17, 15) is 0 Å². The molecule has 1 aliphatic heterocycles. The van der Waals surface area contributed by atoms with Crippen LogP contribution >= 0.6 is 0 Å². The molecule has 0 radical (unpaired) electrons. The topological polar surface area (TPSA) is 45.5 Å². The summed E-state index contributed by atoms with van der Waals surface area (Å²) in [5.41, 5.74) is 2.68. The van der Waals surface area contributed by atoms with Crippen molar-refractivity contribution in [1.29, 1.82) is 0 Å². The molecule has 1 aromatic carbocycles. The molecule has 1 N–H and O–H groups in total. The van der Waals surface area contributed by atoms with Crippen molar-refractivity contribution in [3.8, 4) is 0 Å². The number of aliphatic imine (C=N–C) groups is 1. The minimum absolute atomic E-state index is 0.605. The van der Waals surface area contributed by atoms with E-state index in [0.29, 0.717) is 5.92 Å². The smallest absolute Gasteiger partial charge is 0.193 e. The van der Waals surface area contributed by atoms with Crippen LogP contribution in [0, 0.1) is 0 Å². The number of aromatic nitrogens is 2. The molecule has 1 aromatic heterocycles. The zero-order valence-corrected chi connectivity index (χ0v) is 13.9. The lowest BCUT2D eigenvalue weighted by Gasteiger charge is -2.21. The summed E-state index contributed by atoms with van der Waals surface area (Å²) in [6.45, 7) is 2.98. The maximum absolute atomic E-state index is 4.45. The Labute approximate surface area is 138 Å². The summed E-state index contributed by atoms with van der Waals surface area (Å²) in [4.78, 5) is 6.81. The fourth-order valence-corrected chi connectivity index (χ4v) is 3.20. The lowest BCUT2D eigenvalue weighted by Crippen LogP contribution is -2.40. The molecule has 2 heterocycles. The van der Waals surface area contributed by atoms with Crippen LogP contribution in [0.2, 0.25) is 0 Å². The molecule has 122 valence electrons. The van der Waals surface area contributed by atoms with Gasteiger partial charge in [0, 0.05) is 45.8 Å². The Morgan fingerprint density at radius 2 is 2.17 bits per heavy atom. The van der Waals surface area contributed by atoms with Crippen LogP contribution in [0.4, 0.5) is 0 Å². The molecule has 0 bridgehead atoms. The normalized spacial score (nSPS) is 18.4. The average Bonchev–Trinajstić information content (AvgIpc) is 3.22. The van der Waals surface area contributed by atoms with Gasteiger partial charge in [-0.1, -0.05) is 30.3 Å². The molecular formula is C18H25N5. The molecule has 0 amide bonds. The quantitative estimate of drug-likeness (QED) is 0.694. The number of rotatable bonds is 4. The number of hydrogen-bond donors (Lipinski definition) is 1. The Morgan fingerprint density at radius 3 is 2.87 bits per heavy atom. The first-order valence-corrected chi connectivity index (χ1v) is 8.24. The van der Waals surface area contributed by atoms with Crippen LogP contribution in [-0.4, -0.2) is 47.3 Å². The average molecular weight is 311 g/mol. The third kappa shape index (κ3) is 3.92. The van der Waals surface area contributed by atoms with Crippen molar-refractivity contribution in [3.63, 3.8) is 0 Å². The molecule has 0 spiro atoms. The zero-order valence-electron chi connectivity index (χ0n) is 13.9. The first-order valence-electron chi connectivity index (χ1n) is 8.24. The summed E-state index contributed by atoms with van der Waals surface area (Å²) in [6.07, 6.45) is 6.13. The highest BCUT2D eigenvalue weighted by molar-refractivity contribution is 5.80. The molecule has 1 saturated heterocycles. The number of guanidine groups is 1. The molecule has 1 fully saturated rings. The molecule has 5 heteroatoms. The maximum Gasteiger partial charge on any atom is 0.193 e. The lowest BCUT2D eigenvalue weighted by atomic mass is 9.99. The minimum Gasteiger partial charge on any atom is -0.356 e. The van der Waals surface area contributed by atoms with Gasteiger partial charge in [0.15, 0.2) is 5.96 Å². The molecule has 5 nitrogen and oxygen atoms in total. The number of hydrogen-bond acceptors (Lipinski definition) is 2. The highest BCUT2D eigenvalue weighted by Crippen LogP contribution is 2.26. The monoisotopic (exact) mass is 311 g/mol. The van der Waals surface area contributed by atoms with Crippen LogP contribution in [0.1, 0.15) is 23.5 Å². The van der Waals surface area contributed by atoms with Crippen LogP contribution in [0.5, 0.6) is 0 Å². The summed E-state index contributed by atoms with van der Waals surface area (Å²) in [6, 6.07) is 10.8. The summed E-state index contributed by atoms with van der Waals surface area (Å²) >= 11 is 0. The van der Waals surface area contributed by atoms with E-state index in [1.165, 1.54) is 17.5 Å². The SMILES string of the molecule is CN=C(NCCc1cnn(C)c1)N1CCC(c2ccccc2)C1. The van der Waals surface area contributed by atoms with Gasteiger partial charge in [0.05, 0.1) is 6.20 Å². The number of aryl methyl sites for hydroxylation is 1. The molecule has 23 heavy (non-hydrogen) atoms. The second-order valence-corrected chi connectivity index (χ2v) is 6.09. The molecular weight excluding hydrogens is 286 g/mol. The molecule has 0 aliphatic carbocycles. The fourth-order valence-electron chi connectivity index (χ4n) is 3.20. The van der Waals surface area contributed by atoms with Crippen molar-refractivity contribution in [1.82, 2.24) is 20.0 Å². The number of benzene rings is 1. The molecule has 3 rings (SSSR count). The van der Waals surface area contributed by atoms with Crippen LogP contribution in [0.3, 0.4) is 0 Å². The van der Waals surface area contributed by atoms with Gasteiger partial charge in [0.1, 0.15) is 0 Å². The Kier molecular flexibility index (Phi) is 4.95. The van der Waals surface area contributed by atoms with Gasteiger partial charge in [0.2, 0.25) is 0 Å². The van der Waals surface area contributed by atoms with Crippen molar-refractivity contribution in [2.45, 2.75) is 18.8 Å². The Balaban J connectivity index is 1.51. The van der Waals surface area contributed by atoms with Gasteiger partial charge in [-0.15, -0.1) is 0 Å². The number of nitrogens with zero attached hydrogens (tertiary/aromatic N) is 4. The van der Waals surface area contributed by atoms with Crippen molar-refractivity contribution < 1.29 is 0 Å². The lowest BCUT2D eigenvalue weighted by molar-refractivity contribution is 0.486. The van der Waals surface area contributed by atoms with E-state index in [0.717, 1.165) is 32.0 Å². The summed E-state index contributed by atoms with van der Waals surface area (Å²) in [5, 5.41) is 7.68. The zero-order chi connectivity index (χ0) is 16.1. The van der Waals surface area contributed by atoms with Crippen LogP contribution < -0.4 is 5.32 Å². The van der Waals surface area contributed by atoms with E-state index in [1.807, 2.05) is 25.0 Å². The Hall–Kier alpha value is -2.30. The van der Waals surface area contributed by atoms with Gasteiger partial charge in [0.25, 0.3) is 0 Å². The van der Waals surface area contributed by atoms with E-state index in [1.54, 1.807) is 0 Å². The Morgan fingerprint density at radius 1 is 1.35 bits per heavy atom. The van der Waals surface area contributed by atoms with E-state index >= 15 is 0 Å². The predicted octanol–water partition coefficient (Wildman–Crippen LogP) is 2.03. The molecule has 1 atom stereocenters. The fraction of sp³-hybridized carbons (Fsp3) is 0.444. The standard InChI is InChI=1S/C18H25N5/c1-19-18(20-10-8-15-12-21-22(2)13-15)23-11-9-17(14-23)16-6-4-3-5-7-16/h3-7,12-13,17H,8-11,14H2,1-2H3,(H,19,20). The number of likely N-dealkylation sites (tertiary alicyclic amines) is 1. The predicted molar refractivity (Wildman–Crippen MR) is 93.6 cm³/mol. The maximum atomic E-state index is 4.45. The molecule has 1 unspecified atom stereocenters. The van der Waals surface area contributed by atoms with E-state index in [4.69, 9.17) is 0 Å². The van der Waals surface area contributed by atoms with E-state index in [-0.39, 0.29) is 0 Å². The van der Waals surface area contributed by atoms with E-state index in [2.05, 4.69) is 56.8 Å². The highest BCUT2D eigenvalue weighted by Gasteiger charge is 2.25. The second kappa shape index (κ2) is 7.31. The third-order valence-electron chi connectivity index (χ3n) is 4.43. The summed E-state index contributed by atoms with van der Waals surface area (Å²) in [7, 11) is 3.81. The molecule has 1 aliphatic rings.